The van der Waals surface area contributed by atoms with Crippen molar-refractivity contribution in [3.63, 3.8) is 0 Å². The van der Waals surface area contributed by atoms with Crippen LogP contribution in [0.5, 0.6) is 0 Å². The second kappa shape index (κ2) is 4.19. The van der Waals surface area contributed by atoms with Gasteiger partial charge in [-0.2, -0.15) is 0 Å². The van der Waals surface area contributed by atoms with E-state index < -0.39 is 0 Å². The second-order valence-electron chi connectivity index (χ2n) is 2.45. The van der Waals surface area contributed by atoms with E-state index in [2.05, 4.69) is 12.3 Å². The maximum atomic E-state index is 11.2. The van der Waals surface area contributed by atoms with Crippen molar-refractivity contribution in [1.29, 1.82) is 0 Å². The van der Waals surface area contributed by atoms with Crippen LogP contribution in [-0.2, 0) is 0 Å². The first-order valence-corrected chi connectivity index (χ1v) is 3.73. The van der Waals surface area contributed by atoms with Gasteiger partial charge in [0.2, 0.25) is 0 Å². The van der Waals surface area contributed by atoms with Crippen LogP contribution < -0.4 is 0 Å². The fourth-order valence-electron chi connectivity index (χ4n) is 0.902. The standard InChI is InChI=1S/C11H8O2/c1-2-3-11(13)10-6-4-9(8-12)5-7-10/h3-8H,1H2. The number of carbonyl (C=O) groups excluding carboxylic acids is 2. The summed E-state index contributed by atoms with van der Waals surface area (Å²) >= 11 is 0. The van der Waals surface area contributed by atoms with E-state index in [1.807, 2.05) is 0 Å². The summed E-state index contributed by atoms with van der Waals surface area (Å²) in [5, 5.41) is 0. The first-order chi connectivity index (χ1) is 6.27. The number of carbonyl (C=O) groups is 2. The van der Waals surface area contributed by atoms with Crippen LogP contribution in [0.25, 0.3) is 0 Å². The van der Waals surface area contributed by atoms with E-state index in [1.165, 1.54) is 6.08 Å². The summed E-state index contributed by atoms with van der Waals surface area (Å²) in [6.07, 6.45) is 1.99. The molecule has 13 heavy (non-hydrogen) atoms. The van der Waals surface area contributed by atoms with Gasteiger partial charge >= 0.3 is 0 Å². The van der Waals surface area contributed by atoms with Crippen molar-refractivity contribution in [2.75, 3.05) is 0 Å². The highest BCUT2D eigenvalue weighted by Crippen LogP contribution is 2.03. The molecule has 0 spiro atoms. The average molecular weight is 172 g/mol. The van der Waals surface area contributed by atoms with Gasteiger partial charge in [0, 0.05) is 17.2 Å². The van der Waals surface area contributed by atoms with Crippen molar-refractivity contribution in [2.24, 2.45) is 0 Å². The number of rotatable bonds is 3. The highest BCUT2D eigenvalue weighted by atomic mass is 16.1. The normalized spacial score (nSPS) is 8.62. The molecule has 64 valence electrons. The van der Waals surface area contributed by atoms with Crippen molar-refractivity contribution >= 4 is 12.1 Å². The molecule has 0 saturated carbocycles. The van der Waals surface area contributed by atoms with Crippen molar-refractivity contribution in [1.82, 2.24) is 0 Å². The zero-order chi connectivity index (χ0) is 9.68. The minimum absolute atomic E-state index is 0.160. The van der Waals surface area contributed by atoms with Crippen LogP contribution in [0.1, 0.15) is 20.7 Å². The number of hydrogen-bond acceptors (Lipinski definition) is 2. The number of ketones is 1. The highest BCUT2D eigenvalue weighted by molar-refractivity contribution is 6.04. The van der Waals surface area contributed by atoms with Gasteiger partial charge in [0.05, 0.1) is 0 Å². The number of hydrogen-bond donors (Lipinski definition) is 0. The minimum Gasteiger partial charge on any atom is -0.298 e. The fraction of sp³-hybridized carbons (Fsp3) is 0. The Morgan fingerprint density at radius 3 is 2.38 bits per heavy atom. The number of benzene rings is 1. The van der Waals surface area contributed by atoms with Crippen LogP contribution >= 0.6 is 0 Å². The third kappa shape index (κ3) is 2.26. The lowest BCUT2D eigenvalue weighted by Gasteiger charge is -1.94. The molecule has 0 radical (unpaired) electrons. The summed E-state index contributed by atoms with van der Waals surface area (Å²) in [4.78, 5) is 21.5. The van der Waals surface area contributed by atoms with Crippen LogP contribution in [0.2, 0.25) is 0 Å². The SMILES string of the molecule is C=C=CC(=O)c1ccc(C=O)cc1. The van der Waals surface area contributed by atoms with Crippen molar-refractivity contribution in [3.05, 3.63) is 53.8 Å². The van der Waals surface area contributed by atoms with E-state index in [4.69, 9.17) is 0 Å². The molecule has 0 heterocycles. The summed E-state index contributed by atoms with van der Waals surface area (Å²) in [6.45, 7) is 3.30. The summed E-state index contributed by atoms with van der Waals surface area (Å²) in [6, 6.07) is 6.38. The van der Waals surface area contributed by atoms with Gasteiger partial charge < -0.3 is 0 Å². The third-order valence-electron chi connectivity index (χ3n) is 1.56. The van der Waals surface area contributed by atoms with E-state index >= 15 is 0 Å². The van der Waals surface area contributed by atoms with Crippen LogP contribution in [-0.4, -0.2) is 12.1 Å². The Balaban J connectivity index is 2.98. The topological polar surface area (TPSA) is 34.1 Å². The fourth-order valence-corrected chi connectivity index (χ4v) is 0.902. The van der Waals surface area contributed by atoms with Gasteiger partial charge in [-0.1, -0.05) is 30.8 Å². The number of allylic oxidation sites excluding steroid dienone is 1. The number of aldehydes is 1. The average Bonchev–Trinajstić information content (AvgIpc) is 2.18. The lowest BCUT2D eigenvalue weighted by atomic mass is 10.1. The molecule has 0 aromatic heterocycles. The predicted molar refractivity (Wildman–Crippen MR) is 49.9 cm³/mol. The van der Waals surface area contributed by atoms with E-state index in [0.717, 1.165) is 6.29 Å². The largest absolute Gasteiger partial charge is 0.298 e. The van der Waals surface area contributed by atoms with Gasteiger partial charge in [0.25, 0.3) is 0 Å². The van der Waals surface area contributed by atoms with Crippen LogP contribution in [0, 0.1) is 0 Å². The molecule has 0 atom stereocenters. The molecule has 0 unspecified atom stereocenters. The van der Waals surface area contributed by atoms with Crippen molar-refractivity contribution < 1.29 is 9.59 Å². The Bertz CT molecular complexity index is 368. The maximum Gasteiger partial charge on any atom is 0.193 e. The molecule has 0 saturated heterocycles. The van der Waals surface area contributed by atoms with E-state index in [1.54, 1.807) is 24.3 Å². The Labute approximate surface area is 76.2 Å². The Morgan fingerprint density at radius 2 is 1.92 bits per heavy atom. The van der Waals surface area contributed by atoms with Gasteiger partial charge in [0.15, 0.2) is 5.78 Å². The molecular formula is C11H8O2. The highest BCUT2D eigenvalue weighted by Gasteiger charge is 1.99. The molecule has 1 aromatic rings. The van der Waals surface area contributed by atoms with E-state index in [0.29, 0.717) is 11.1 Å². The summed E-state index contributed by atoms with van der Waals surface area (Å²) in [5.41, 5.74) is 3.48. The summed E-state index contributed by atoms with van der Waals surface area (Å²) < 4.78 is 0. The summed E-state index contributed by atoms with van der Waals surface area (Å²) in [7, 11) is 0. The minimum atomic E-state index is -0.160. The molecule has 0 aliphatic carbocycles. The Kier molecular flexibility index (Phi) is 2.96. The monoisotopic (exact) mass is 172 g/mol. The molecule has 0 amide bonds. The van der Waals surface area contributed by atoms with Gasteiger partial charge in [-0.15, -0.1) is 5.73 Å². The zero-order valence-corrected chi connectivity index (χ0v) is 6.99. The quantitative estimate of drug-likeness (QED) is 0.302. The van der Waals surface area contributed by atoms with Gasteiger partial charge in [0.1, 0.15) is 6.29 Å². The lowest BCUT2D eigenvalue weighted by Crippen LogP contribution is -1.93. The van der Waals surface area contributed by atoms with Gasteiger partial charge in [-0.3, -0.25) is 9.59 Å². The first kappa shape index (κ1) is 9.17. The molecule has 0 bridgehead atoms. The molecule has 2 nitrogen and oxygen atoms in total. The van der Waals surface area contributed by atoms with Crippen LogP contribution in [0.3, 0.4) is 0 Å². The Hall–Kier alpha value is -1.92. The van der Waals surface area contributed by atoms with Gasteiger partial charge in [-0.25, -0.2) is 0 Å². The Morgan fingerprint density at radius 1 is 1.31 bits per heavy atom. The second-order valence-corrected chi connectivity index (χ2v) is 2.45. The van der Waals surface area contributed by atoms with Crippen molar-refractivity contribution in [2.45, 2.75) is 0 Å². The first-order valence-electron chi connectivity index (χ1n) is 3.73. The van der Waals surface area contributed by atoms with E-state index in [-0.39, 0.29) is 5.78 Å². The van der Waals surface area contributed by atoms with Gasteiger partial charge in [-0.05, 0) is 0 Å². The van der Waals surface area contributed by atoms with Crippen molar-refractivity contribution in [3.8, 4) is 0 Å². The smallest absolute Gasteiger partial charge is 0.193 e. The molecular weight excluding hydrogens is 164 g/mol. The molecule has 0 fully saturated rings. The van der Waals surface area contributed by atoms with Crippen LogP contribution in [0.4, 0.5) is 0 Å². The molecule has 0 N–H and O–H groups in total. The molecule has 1 aromatic carbocycles. The van der Waals surface area contributed by atoms with Crippen LogP contribution in [0.15, 0.2) is 42.7 Å². The third-order valence-corrected chi connectivity index (χ3v) is 1.56. The predicted octanol–water partition coefficient (Wildman–Crippen LogP) is 2.02. The van der Waals surface area contributed by atoms with E-state index in [9.17, 15) is 9.59 Å². The zero-order valence-electron chi connectivity index (χ0n) is 6.99. The molecule has 0 aliphatic heterocycles. The molecule has 2 heteroatoms. The summed E-state index contributed by atoms with van der Waals surface area (Å²) in [5.74, 6) is -0.160. The molecule has 0 aliphatic rings. The lowest BCUT2D eigenvalue weighted by molar-refractivity contribution is 0.104. The maximum absolute atomic E-state index is 11.2. The molecule has 1 rings (SSSR count).